The molecule has 3 unspecified atom stereocenters. The molecule has 0 aromatic heterocycles. The second-order valence-corrected chi connectivity index (χ2v) is 6.63. The summed E-state index contributed by atoms with van der Waals surface area (Å²) in [5.41, 5.74) is 10.5. The molecule has 1 aromatic rings. The summed E-state index contributed by atoms with van der Waals surface area (Å²) in [7, 11) is 0. The number of hydrogen-bond acceptors (Lipinski definition) is 2. The Morgan fingerprint density at radius 2 is 2.00 bits per heavy atom. The summed E-state index contributed by atoms with van der Waals surface area (Å²) in [6.07, 6.45) is 3.96. The van der Waals surface area contributed by atoms with Crippen LogP contribution in [0.15, 0.2) is 18.2 Å². The molecule has 19 heavy (non-hydrogen) atoms. The summed E-state index contributed by atoms with van der Waals surface area (Å²) in [6.45, 7) is 7.95. The molecule has 0 bridgehead atoms. The highest BCUT2D eigenvalue weighted by Crippen LogP contribution is 2.36. The molecular weight excluding hydrogens is 232 g/mol. The number of rotatable bonds is 2. The van der Waals surface area contributed by atoms with E-state index in [-0.39, 0.29) is 0 Å². The summed E-state index contributed by atoms with van der Waals surface area (Å²) < 4.78 is 0. The van der Waals surface area contributed by atoms with E-state index in [1.165, 1.54) is 49.0 Å². The van der Waals surface area contributed by atoms with Crippen molar-refractivity contribution >= 4 is 0 Å². The Morgan fingerprint density at radius 3 is 2.74 bits per heavy atom. The Bertz CT molecular complexity index is 455. The highest BCUT2D eigenvalue weighted by Gasteiger charge is 2.38. The molecule has 1 aliphatic carbocycles. The molecule has 104 valence electrons. The lowest BCUT2D eigenvalue weighted by Crippen LogP contribution is -2.38. The fourth-order valence-corrected chi connectivity index (χ4v) is 3.90. The second kappa shape index (κ2) is 5.26. The zero-order valence-corrected chi connectivity index (χ0v) is 12.2. The topological polar surface area (TPSA) is 29.3 Å². The van der Waals surface area contributed by atoms with Gasteiger partial charge in [-0.1, -0.05) is 24.6 Å². The van der Waals surface area contributed by atoms with E-state index >= 15 is 0 Å². The van der Waals surface area contributed by atoms with Crippen molar-refractivity contribution in [2.45, 2.75) is 45.7 Å². The summed E-state index contributed by atoms with van der Waals surface area (Å²) in [4.78, 5) is 2.62. The van der Waals surface area contributed by atoms with Crippen molar-refractivity contribution in [3.63, 3.8) is 0 Å². The largest absolute Gasteiger partial charge is 0.327 e. The lowest BCUT2D eigenvalue weighted by atomic mass is 9.78. The third kappa shape index (κ3) is 2.70. The van der Waals surface area contributed by atoms with Crippen molar-refractivity contribution in [2.75, 3.05) is 13.1 Å². The van der Waals surface area contributed by atoms with Crippen LogP contribution in [0.5, 0.6) is 0 Å². The van der Waals surface area contributed by atoms with Crippen LogP contribution in [0.4, 0.5) is 0 Å². The predicted octanol–water partition coefficient (Wildman–Crippen LogP) is 2.86. The second-order valence-electron chi connectivity index (χ2n) is 6.63. The minimum Gasteiger partial charge on any atom is -0.327 e. The predicted molar refractivity (Wildman–Crippen MR) is 80.0 cm³/mol. The maximum Gasteiger partial charge on any atom is 0.0234 e. The van der Waals surface area contributed by atoms with Gasteiger partial charge >= 0.3 is 0 Å². The minimum absolute atomic E-state index is 0.448. The van der Waals surface area contributed by atoms with Gasteiger partial charge in [-0.2, -0.15) is 0 Å². The van der Waals surface area contributed by atoms with Gasteiger partial charge in [0, 0.05) is 25.7 Å². The highest BCUT2D eigenvalue weighted by molar-refractivity contribution is 5.29. The molecule has 2 aliphatic rings. The minimum atomic E-state index is 0.448. The van der Waals surface area contributed by atoms with E-state index in [9.17, 15) is 0 Å². The maximum absolute atomic E-state index is 6.29. The lowest BCUT2D eigenvalue weighted by molar-refractivity contribution is 0.259. The molecule has 2 fully saturated rings. The van der Waals surface area contributed by atoms with Crippen LogP contribution in [0, 0.1) is 25.7 Å². The average Bonchev–Trinajstić information content (AvgIpc) is 2.78. The number of fused-ring (bicyclic) bond motifs is 1. The van der Waals surface area contributed by atoms with Crippen LogP contribution in [0.3, 0.4) is 0 Å². The maximum atomic E-state index is 6.29. The number of likely N-dealkylation sites (tertiary alicyclic amines) is 1. The zero-order chi connectivity index (χ0) is 13.4. The zero-order valence-electron chi connectivity index (χ0n) is 12.2. The molecule has 3 atom stereocenters. The molecule has 0 radical (unpaired) electrons. The molecule has 2 nitrogen and oxygen atoms in total. The van der Waals surface area contributed by atoms with Crippen molar-refractivity contribution in [2.24, 2.45) is 17.6 Å². The first-order chi connectivity index (χ1) is 9.13. The molecule has 3 rings (SSSR count). The first-order valence-corrected chi connectivity index (χ1v) is 7.67. The fraction of sp³-hybridized carbons (Fsp3) is 0.647. The molecule has 1 aliphatic heterocycles. The molecule has 1 heterocycles. The van der Waals surface area contributed by atoms with Gasteiger partial charge < -0.3 is 5.73 Å². The monoisotopic (exact) mass is 258 g/mol. The van der Waals surface area contributed by atoms with Crippen LogP contribution in [0.1, 0.15) is 36.0 Å². The van der Waals surface area contributed by atoms with Gasteiger partial charge in [-0.25, -0.2) is 0 Å². The highest BCUT2D eigenvalue weighted by atomic mass is 15.2. The van der Waals surface area contributed by atoms with Gasteiger partial charge in [0.15, 0.2) is 0 Å². The van der Waals surface area contributed by atoms with Gasteiger partial charge in [-0.05, 0) is 55.2 Å². The van der Waals surface area contributed by atoms with Crippen LogP contribution in [-0.4, -0.2) is 24.0 Å². The Hall–Kier alpha value is -0.860. The van der Waals surface area contributed by atoms with Gasteiger partial charge in [0.2, 0.25) is 0 Å². The number of nitrogens with zero attached hydrogens (tertiary/aromatic N) is 1. The number of benzene rings is 1. The molecule has 0 amide bonds. The molecule has 1 saturated carbocycles. The van der Waals surface area contributed by atoms with E-state index in [1.54, 1.807) is 0 Å². The van der Waals surface area contributed by atoms with Crippen LogP contribution in [0.2, 0.25) is 0 Å². The van der Waals surface area contributed by atoms with E-state index in [0.29, 0.717) is 6.04 Å². The van der Waals surface area contributed by atoms with E-state index in [0.717, 1.165) is 18.4 Å². The molecule has 1 saturated heterocycles. The SMILES string of the molecule is Cc1ccc(CN2CC3CCCC(N)C3C2)cc1C. The summed E-state index contributed by atoms with van der Waals surface area (Å²) in [5, 5.41) is 0. The Kier molecular flexibility index (Phi) is 3.64. The standard InChI is InChI=1S/C17H26N2/c1-12-6-7-14(8-13(12)2)9-19-10-15-4-3-5-17(18)16(15)11-19/h6-8,15-17H,3-5,9-11,18H2,1-2H3. The van der Waals surface area contributed by atoms with Crippen molar-refractivity contribution < 1.29 is 0 Å². The Morgan fingerprint density at radius 1 is 1.16 bits per heavy atom. The van der Waals surface area contributed by atoms with Crippen LogP contribution in [-0.2, 0) is 6.54 Å². The summed E-state index contributed by atoms with van der Waals surface area (Å²) in [5.74, 6) is 1.61. The average molecular weight is 258 g/mol. The van der Waals surface area contributed by atoms with E-state index in [1.807, 2.05) is 0 Å². The normalized spacial score (nSPS) is 31.4. The van der Waals surface area contributed by atoms with Crippen molar-refractivity contribution in [3.05, 3.63) is 34.9 Å². The van der Waals surface area contributed by atoms with Crippen molar-refractivity contribution in [1.82, 2.24) is 4.90 Å². The van der Waals surface area contributed by atoms with Crippen molar-refractivity contribution in [1.29, 1.82) is 0 Å². The molecule has 0 spiro atoms. The van der Waals surface area contributed by atoms with Crippen LogP contribution in [0.25, 0.3) is 0 Å². The van der Waals surface area contributed by atoms with Crippen LogP contribution < -0.4 is 5.73 Å². The first-order valence-electron chi connectivity index (χ1n) is 7.67. The summed E-state index contributed by atoms with van der Waals surface area (Å²) >= 11 is 0. The molecule has 2 heteroatoms. The molecule has 1 aromatic carbocycles. The third-order valence-corrected chi connectivity index (χ3v) is 5.21. The summed E-state index contributed by atoms with van der Waals surface area (Å²) in [6, 6.07) is 7.32. The van der Waals surface area contributed by atoms with E-state index in [2.05, 4.69) is 36.9 Å². The Balaban J connectivity index is 1.66. The van der Waals surface area contributed by atoms with Gasteiger partial charge in [0.25, 0.3) is 0 Å². The van der Waals surface area contributed by atoms with E-state index in [4.69, 9.17) is 5.73 Å². The van der Waals surface area contributed by atoms with Crippen molar-refractivity contribution in [3.8, 4) is 0 Å². The quantitative estimate of drug-likeness (QED) is 0.884. The molecule has 2 N–H and O–H groups in total. The number of hydrogen-bond donors (Lipinski definition) is 1. The molecular formula is C17H26N2. The van der Waals surface area contributed by atoms with Gasteiger partial charge in [0.05, 0.1) is 0 Å². The number of nitrogens with two attached hydrogens (primary N) is 1. The fourth-order valence-electron chi connectivity index (χ4n) is 3.90. The van der Waals surface area contributed by atoms with E-state index < -0.39 is 0 Å². The van der Waals surface area contributed by atoms with Gasteiger partial charge in [-0.15, -0.1) is 0 Å². The van der Waals surface area contributed by atoms with Crippen LogP contribution >= 0.6 is 0 Å². The first kappa shape index (κ1) is 13.1. The smallest absolute Gasteiger partial charge is 0.0234 e. The third-order valence-electron chi connectivity index (χ3n) is 5.21. The van der Waals surface area contributed by atoms with Gasteiger partial charge in [0.1, 0.15) is 0 Å². The van der Waals surface area contributed by atoms with Gasteiger partial charge in [-0.3, -0.25) is 4.90 Å². The Labute approximate surface area is 117 Å². The lowest BCUT2D eigenvalue weighted by Gasteiger charge is -2.29. The number of aryl methyl sites for hydroxylation is 2.